The summed E-state index contributed by atoms with van der Waals surface area (Å²) >= 11 is 0. The van der Waals surface area contributed by atoms with Crippen molar-refractivity contribution in [3.05, 3.63) is 42.5 Å². The first-order chi connectivity index (χ1) is 13.7. The minimum Gasteiger partial charge on any atom is -0.491 e. The summed E-state index contributed by atoms with van der Waals surface area (Å²) in [6.45, 7) is 1.27. The average Bonchev–Trinajstić information content (AvgIpc) is 3.13. The summed E-state index contributed by atoms with van der Waals surface area (Å²) in [7, 11) is 4.00. The van der Waals surface area contributed by atoms with Gasteiger partial charge in [-0.1, -0.05) is 0 Å². The predicted octanol–water partition coefficient (Wildman–Crippen LogP) is 3.94. The highest BCUT2D eigenvalue weighted by atomic mass is 18.2. The van der Waals surface area contributed by atoms with E-state index in [9.17, 15) is 4.39 Å². The number of benzene rings is 2. The lowest BCUT2D eigenvalue weighted by Gasteiger charge is -2.11. The van der Waals surface area contributed by atoms with E-state index in [0.29, 0.717) is 43.7 Å². The van der Waals surface area contributed by atoms with Gasteiger partial charge in [-0.3, -0.25) is 0 Å². The molecule has 0 N–H and O–H groups in total. The van der Waals surface area contributed by atoms with Crippen molar-refractivity contribution in [1.82, 2.24) is 4.98 Å². The lowest BCUT2D eigenvalue weighted by molar-refractivity contribution is 0.0325. The first-order valence-corrected chi connectivity index (χ1v) is 9.20. The van der Waals surface area contributed by atoms with E-state index in [0.717, 1.165) is 16.8 Å². The van der Waals surface area contributed by atoms with Crippen LogP contribution in [0.1, 0.15) is 0 Å². The summed E-state index contributed by atoms with van der Waals surface area (Å²) in [5.41, 5.74) is 3.49. The second-order valence-electron chi connectivity index (χ2n) is 6.35. The van der Waals surface area contributed by atoms with Crippen LogP contribution in [-0.2, 0) is 9.47 Å². The average molecular weight is 387 g/mol. The van der Waals surface area contributed by atoms with Crippen LogP contribution in [0.2, 0.25) is 0 Å². The molecule has 28 heavy (non-hydrogen) atoms. The minimum atomic E-state index is -0.475. The number of aromatic nitrogens is 1. The quantitative estimate of drug-likeness (QED) is 0.465. The molecule has 0 aliphatic carbocycles. The van der Waals surface area contributed by atoms with Crippen LogP contribution in [0.4, 0.5) is 10.1 Å². The largest absolute Gasteiger partial charge is 0.491 e. The molecule has 0 aliphatic heterocycles. The smallest absolute Gasteiger partial charge is 0.227 e. The van der Waals surface area contributed by atoms with Crippen molar-refractivity contribution in [2.75, 3.05) is 58.7 Å². The van der Waals surface area contributed by atoms with Crippen molar-refractivity contribution in [2.24, 2.45) is 0 Å². The van der Waals surface area contributed by atoms with E-state index < -0.39 is 6.67 Å². The molecule has 0 saturated heterocycles. The van der Waals surface area contributed by atoms with E-state index in [-0.39, 0.29) is 6.61 Å². The van der Waals surface area contributed by atoms with Gasteiger partial charge in [0.15, 0.2) is 5.58 Å². The summed E-state index contributed by atoms with van der Waals surface area (Å²) in [6, 6.07) is 13.6. The molecule has 6 nitrogen and oxygen atoms in total. The van der Waals surface area contributed by atoms with Crippen LogP contribution in [-0.4, -0.2) is 58.8 Å². The molecule has 0 bridgehead atoms. The van der Waals surface area contributed by atoms with Gasteiger partial charge in [0, 0.05) is 31.4 Å². The molecule has 0 fully saturated rings. The summed E-state index contributed by atoms with van der Waals surface area (Å²) in [5, 5.41) is 0. The fourth-order valence-electron chi connectivity index (χ4n) is 2.62. The van der Waals surface area contributed by atoms with E-state index in [1.54, 1.807) is 0 Å². The van der Waals surface area contributed by atoms with Gasteiger partial charge in [0.2, 0.25) is 5.89 Å². The second-order valence-corrected chi connectivity index (χ2v) is 6.35. The maximum atomic E-state index is 11.9. The number of oxazole rings is 1. The van der Waals surface area contributed by atoms with E-state index >= 15 is 0 Å². The van der Waals surface area contributed by atoms with Gasteiger partial charge in [0.25, 0.3) is 0 Å². The van der Waals surface area contributed by atoms with Crippen molar-refractivity contribution in [3.8, 4) is 17.2 Å². The Morgan fingerprint density at radius 3 is 2.36 bits per heavy atom. The molecule has 1 heterocycles. The van der Waals surface area contributed by atoms with Gasteiger partial charge in [-0.05, 0) is 36.4 Å². The van der Waals surface area contributed by atoms with Crippen molar-refractivity contribution in [1.29, 1.82) is 0 Å². The number of halogens is 1. The first kappa shape index (κ1) is 20.1. The molecule has 0 spiro atoms. The lowest BCUT2D eigenvalue weighted by atomic mass is 10.2. The molecular formula is C21H25FN2O4. The highest BCUT2D eigenvalue weighted by molar-refractivity contribution is 5.78. The van der Waals surface area contributed by atoms with Crippen LogP contribution in [0.25, 0.3) is 22.6 Å². The van der Waals surface area contributed by atoms with Crippen molar-refractivity contribution < 1.29 is 23.0 Å². The number of rotatable bonds is 11. The van der Waals surface area contributed by atoms with Gasteiger partial charge in [0.05, 0.1) is 26.4 Å². The molecule has 0 radical (unpaired) electrons. The third kappa shape index (κ3) is 5.43. The zero-order valence-corrected chi connectivity index (χ0v) is 16.2. The highest BCUT2D eigenvalue weighted by Crippen LogP contribution is 2.28. The van der Waals surface area contributed by atoms with Crippen LogP contribution >= 0.6 is 0 Å². The Bertz CT molecular complexity index is 864. The van der Waals surface area contributed by atoms with Crippen molar-refractivity contribution >= 4 is 16.8 Å². The molecule has 7 heteroatoms. The molecule has 1 aromatic heterocycles. The van der Waals surface area contributed by atoms with Gasteiger partial charge >= 0.3 is 0 Å². The minimum absolute atomic E-state index is 0.110. The standard InChI is InChI=1S/C21H25FN2O4/c1-24(2)17-5-3-16(4-6-17)21-23-19-15-18(7-8-20(19)28-21)27-14-13-26-12-11-25-10-9-22/h3-8,15H,9-14H2,1-2H3/i22-1. The third-order valence-corrected chi connectivity index (χ3v) is 4.08. The van der Waals surface area contributed by atoms with E-state index in [1.807, 2.05) is 61.5 Å². The van der Waals surface area contributed by atoms with Crippen LogP contribution < -0.4 is 9.64 Å². The van der Waals surface area contributed by atoms with Gasteiger partial charge < -0.3 is 23.5 Å². The number of ether oxygens (including phenoxy) is 3. The summed E-state index contributed by atoms with van der Waals surface area (Å²) < 4.78 is 33.8. The van der Waals surface area contributed by atoms with Gasteiger partial charge in [-0.25, -0.2) is 9.37 Å². The summed E-state index contributed by atoms with van der Waals surface area (Å²) in [4.78, 5) is 6.61. The Labute approximate surface area is 163 Å². The molecule has 3 rings (SSSR count). The van der Waals surface area contributed by atoms with Crippen molar-refractivity contribution in [2.45, 2.75) is 0 Å². The van der Waals surface area contributed by atoms with E-state index in [2.05, 4.69) is 4.98 Å². The zero-order valence-electron chi connectivity index (χ0n) is 16.2. The zero-order chi connectivity index (χ0) is 19.8. The predicted molar refractivity (Wildman–Crippen MR) is 107 cm³/mol. The Hall–Kier alpha value is -2.64. The number of hydrogen-bond donors (Lipinski definition) is 0. The lowest BCUT2D eigenvalue weighted by Crippen LogP contribution is -2.11. The van der Waals surface area contributed by atoms with Crippen molar-refractivity contribution in [3.63, 3.8) is 0 Å². The third-order valence-electron chi connectivity index (χ3n) is 4.08. The van der Waals surface area contributed by atoms with E-state index in [1.165, 1.54) is 0 Å². The van der Waals surface area contributed by atoms with Crippen LogP contribution in [0, 0.1) is 0 Å². The second kappa shape index (κ2) is 10.1. The molecule has 3 aromatic rings. The number of alkyl halides is 1. The number of hydrogen-bond acceptors (Lipinski definition) is 6. The molecule has 0 saturated carbocycles. The van der Waals surface area contributed by atoms with E-state index in [4.69, 9.17) is 18.6 Å². The van der Waals surface area contributed by atoms with Crippen LogP contribution in [0.5, 0.6) is 5.75 Å². The Morgan fingerprint density at radius 1 is 0.929 bits per heavy atom. The Morgan fingerprint density at radius 2 is 1.64 bits per heavy atom. The topological polar surface area (TPSA) is 57.0 Å². The molecule has 0 aliphatic rings. The fourth-order valence-corrected chi connectivity index (χ4v) is 2.62. The van der Waals surface area contributed by atoms with Crippen LogP contribution in [0.15, 0.2) is 46.9 Å². The summed E-state index contributed by atoms with van der Waals surface area (Å²) in [6.07, 6.45) is 0. The monoisotopic (exact) mass is 387 g/mol. The maximum absolute atomic E-state index is 11.9. The van der Waals surface area contributed by atoms with Gasteiger partial charge in [-0.15, -0.1) is 0 Å². The summed E-state index contributed by atoms with van der Waals surface area (Å²) in [5.74, 6) is 1.28. The van der Waals surface area contributed by atoms with Gasteiger partial charge in [0.1, 0.15) is 24.5 Å². The Kier molecular flexibility index (Phi) is 7.22. The Balaban J connectivity index is 1.54. The highest BCUT2D eigenvalue weighted by Gasteiger charge is 2.09. The normalized spacial score (nSPS) is 11.1. The first-order valence-electron chi connectivity index (χ1n) is 9.20. The molecular weight excluding hydrogens is 362 g/mol. The number of nitrogens with zero attached hydrogens (tertiary/aromatic N) is 2. The maximum Gasteiger partial charge on any atom is 0.227 e. The molecule has 0 unspecified atom stereocenters. The number of anilines is 1. The fraction of sp³-hybridized carbons (Fsp3) is 0.381. The molecule has 0 amide bonds. The van der Waals surface area contributed by atoms with Crippen LogP contribution in [0.3, 0.4) is 0 Å². The molecule has 2 aromatic carbocycles. The molecule has 0 atom stereocenters. The van der Waals surface area contributed by atoms with Gasteiger partial charge in [-0.2, -0.15) is 0 Å². The number of fused-ring (bicyclic) bond motifs is 1. The SMILES string of the molecule is CN(C)c1ccc(-c2nc3cc(OCCOCCOCC[18F])ccc3o2)cc1. The molecule has 150 valence electrons.